The second-order valence-corrected chi connectivity index (χ2v) is 5.77. The van der Waals surface area contributed by atoms with Gasteiger partial charge >= 0.3 is 0 Å². The molecule has 0 bridgehead atoms. The predicted octanol–water partition coefficient (Wildman–Crippen LogP) is 2.46. The van der Waals surface area contributed by atoms with Gasteiger partial charge in [0.05, 0.1) is 10.6 Å². The number of nitrogens with one attached hydrogen (secondary N) is 1. The van der Waals surface area contributed by atoms with Gasteiger partial charge in [0, 0.05) is 32.9 Å². The number of anilines is 1. The summed E-state index contributed by atoms with van der Waals surface area (Å²) < 4.78 is 5.61. The maximum absolute atomic E-state index is 6.36. The number of nitrogens with zero attached hydrogens (tertiary/aromatic N) is 2. The molecule has 106 valence electrons. The van der Waals surface area contributed by atoms with Gasteiger partial charge in [-0.2, -0.15) is 0 Å². The Bertz CT molecular complexity index is 441. The molecule has 1 aromatic rings. The van der Waals surface area contributed by atoms with Gasteiger partial charge in [-0.15, -0.1) is 0 Å². The van der Waals surface area contributed by atoms with Crippen molar-refractivity contribution in [1.82, 2.24) is 10.3 Å². The zero-order chi connectivity index (χ0) is 13.9. The number of methoxy groups -OCH3 is 1. The van der Waals surface area contributed by atoms with Crippen LogP contribution in [0.15, 0.2) is 12.3 Å². The second kappa shape index (κ2) is 6.07. The summed E-state index contributed by atoms with van der Waals surface area (Å²) in [7, 11) is 3.69. The van der Waals surface area contributed by atoms with Gasteiger partial charge in [0.1, 0.15) is 5.82 Å². The fourth-order valence-electron chi connectivity index (χ4n) is 2.56. The Balaban J connectivity index is 2.17. The van der Waals surface area contributed by atoms with Crippen LogP contribution in [0.5, 0.6) is 0 Å². The van der Waals surface area contributed by atoms with Crippen LogP contribution in [0.3, 0.4) is 0 Å². The van der Waals surface area contributed by atoms with E-state index in [0.29, 0.717) is 5.02 Å². The minimum atomic E-state index is -0.104. The highest BCUT2D eigenvalue weighted by molar-refractivity contribution is 6.33. The molecule has 0 aromatic carbocycles. The molecular formula is C14H22ClN3O. The molecule has 0 radical (unpaired) electrons. The highest BCUT2D eigenvalue weighted by atomic mass is 35.5. The fourth-order valence-corrected chi connectivity index (χ4v) is 2.87. The standard InChI is InChI=1S/C14H22ClN3O/c1-14(19-3)5-4-6-18(10-14)13-12(15)7-11(8-16-2)9-17-13/h7,9,16H,4-6,8,10H2,1-3H3. The third-order valence-electron chi connectivity index (χ3n) is 3.71. The van der Waals surface area contributed by atoms with Crippen LogP contribution in [-0.4, -0.2) is 37.8 Å². The summed E-state index contributed by atoms with van der Waals surface area (Å²) in [5.74, 6) is 0.865. The molecule has 5 heteroatoms. The van der Waals surface area contributed by atoms with E-state index in [-0.39, 0.29) is 5.60 Å². The van der Waals surface area contributed by atoms with E-state index >= 15 is 0 Å². The van der Waals surface area contributed by atoms with Crippen LogP contribution in [0.2, 0.25) is 5.02 Å². The molecule has 1 aromatic heterocycles. The number of rotatable bonds is 4. The molecule has 1 aliphatic rings. The normalized spacial score (nSPS) is 23.7. The number of hydrogen-bond acceptors (Lipinski definition) is 4. The van der Waals surface area contributed by atoms with E-state index in [1.165, 1.54) is 0 Å². The van der Waals surface area contributed by atoms with Crippen molar-refractivity contribution in [2.45, 2.75) is 31.9 Å². The molecule has 0 amide bonds. The molecule has 1 aliphatic heterocycles. The van der Waals surface area contributed by atoms with Gasteiger partial charge in [0.25, 0.3) is 0 Å². The predicted molar refractivity (Wildman–Crippen MR) is 78.9 cm³/mol. The Morgan fingerprint density at radius 2 is 2.37 bits per heavy atom. The van der Waals surface area contributed by atoms with Crippen molar-refractivity contribution in [3.63, 3.8) is 0 Å². The van der Waals surface area contributed by atoms with Crippen molar-refractivity contribution in [3.05, 3.63) is 22.8 Å². The average molecular weight is 284 g/mol. The quantitative estimate of drug-likeness (QED) is 0.921. The molecule has 4 nitrogen and oxygen atoms in total. The van der Waals surface area contributed by atoms with Crippen LogP contribution in [-0.2, 0) is 11.3 Å². The van der Waals surface area contributed by atoms with Crippen LogP contribution in [0.25, 0.3) is 0 Å². The summed E-state index contributed by atoms with van der Waals surface area (Å²) in [5, 5.41) is 3.82. The number of ether oxygens (including phenoxy) is 1. The van der Waals surface area contributed by atoms with E-state index < -0.39 is 0 Å². The maximum atomic E-state index is 6.36. The van der Waals surface area contributed by atoms with Gasteiger partial charge in [-0.1, -0.05) is 11.6 Å². The van der Waals surface area contributed by atoms with Gasteiger partial charge in [0.15, 0.2) is 0 Å². The first-order valence-corrected chi connectivity index (χ1v) is 7.05. The fraction of sp³-hybridized carbons (Fsp3) is 0.643. The zero-order valence-corrected chi connectivity index (χ0v) is 12.6. The Labute approximate surface area is 120 Å². The Hall–Kier alpha value is -0.840. The molecule has 1 unspecified atom stereocenters. The van der Waals surface area contributed by atoms with Crippen molar-refractivity contribution in [3.8, 4) is 0 Å². The minimum absolute atomic E-state index is 0.104. The van der Waals surface area contributed by atoms with E-state index in [2.05, 4.69) is 22.1 Å². The van der Waals surface area contributed by atoms with Crippen molar-refractivity contribution in [2.24, 2.45) is 0 Å². The third-order valence-corrected chi connectivity index (χ3v) is 3.99. The summed E-state index contributed by atoms with van der Waals surface area (Å²) in [6.45, 7) is 4.74. The van der Waals surface area contributed by atoms with Gasteiger partial charge < -0.3 is 15.0 Å². The maximum Gasteiger partial charge on any atom is 0.147 e. The zero-order valence-electron chi connectivity index (χ0n) is 11.9. The minimum Gasteiger partial charge on any atom is -0.377 e. The lowest BCUT2D eigenvalue weighted by Crippen LogP contribution is -2.47. The number of pyridine rings is 1. The number of hydrogen-bond donors (Lipinski definition) is 1. The van der Waals surface area contributed by atoms with E-state index in [1.807, 2.05) is 19.3 Å². The molecule has 1 fully saturated rings. The molecule has 2 heterocycles. The van der Waals surface area contributed by atoms with Crippen LogP contribution in [0.1, 0.15) is 25.3 Å². The smallest absolute Gasteiger partial charge is 0.147 e. The summed E-state index contributed by atoms with van der Waals surface area (Å²) in [5.41, 5.74) is 0.996. The summed E-state index contributed by atoms with van der Waals surface area (Å²) >= 11 is 6.36. The Morgan fingerprint density at radius 1 is 1.58 bits per heavy atom. The van der Waals surface area contributed by atoms with Gasteiger partial charge in [0.2, 0.25) is 0 Å². The van der Waals surface area contributed by atoms with Crippen LogP contribution in [0, 0.1) is 0 Å². The van der Waals surface area contributed by atoms with Crippen molar-refractivity contribution in [2.75, 3.05) is 32.1 Å². The molecule has 0 aliphatic carbocycles. The SMILES string of the molecule is CNCc1cnc(N2CCCC(C)(OC)C2)c(Cl)c1. The Morgan fingerprint density at radius 3 is 3.00 bits per heavy atom. The van der Waals surface area contributed by atoms with Gasteiger partial charge in [-0.3, -0.25) is 0 Å². The van der Waals surface area contributed by atoms with E-state index in [1.54, 1.807) is 7.11 Å². The van der Waals surface area contributed by atoms with Crippen molar-refractivity contribution in [1.29, 1.82) is 0 Å². The molecule has 1 N–H and O–H groups in total. The lowest BCUT2D eigenvalue weighted by molar-refractivity contribution is -0.00480. The summed E-state index contributed by atoms with van der Waals surface area (Å²) in [6.07, 6.45) is 4.06. The molecule has 0 saturated carbocycles. The first-order chi connectivity index (χ1) is 9.08. The topological polar surface area (TPSA) is 37.4 Å². The molecule has 1 atom stereocenters. The molecule has 0 spiro atoms. The van der Waals surface area contributed by atoms with E-state index in [4.69, 9.17) is 16.3 Å². The monoisotopic (exact) mass is 283 g/mol. The largest absolute Gasteiger partial charge is 0.377 e. The van der Waals surface area contributed by atoms with Crippen LogP contribution >= 0.6 is 11.6 Å². The first-order valence-electron chi connectivity index (χ1n) is 6.67. The van der Waals surface area contributed by atoms with E-state index in [0.717, 1.165) is 43.9 Å². The second-order valence-electron chi connectivity index (χ2n) is 5.36. The van der Waals surface area contributed by atoms with Crippen LogP contribution in [0.4, 0.5) is 5.82 Å². The third kappa shape index (κ3) is 3.38. The Kier molecular flexibility index (Phi) is 4.66. The van der Waals surface area contributed by atoms with Gasteiger partial charge in [-0.05, 0) is 38.4 Å². The molecular weight excluding hydrogens is 262 g/mol. The first kappa shape index (κ1) is 14.6. The lowest BCUT2D eigenvalue weighted by Gasteiger charge is -2.40. The average Bonchev–Trinajstić information content (AvgIpc) is 2.39. The molecule has 2 rings (SSSR count). The number of piperidine rings is 1. The summed E-state index contributed by atoms with van der Waals surface area (Å²) in [4.78, 5) is 6.74. The highest BCUT2D eigenvalue weighted by Crippen LogP contribution is 2.31. The number of halogens is 1. The van der Waals surface area contributed by atoms with E-state index in [9.17, 15) is 0 Å². The molecule has 19 heavy (non-hydrogen) atoms. The lowest BCUT2D eigenvalue weighted by atomic mass is 9.95. The van der Waals surface area contributed by atoms with Crippen molar-refractivity contribution >= 4 is 17.4 Å². The summed E-state index contributed by atoms with van der Waals surface area (Å²) in [6, 6.07) is 1.99. The molecule has 1 saturated heterocycles. The van der Waals surface area contributed by atoms with Crippen molar-refractivity contribution < 1.29 is 4.74 Å². The number of aromatic nitrogens is 1. The van der Waals surface area contributed by atoms with Crippen LogP contribution < -0.4 is 10.2 Å². The highest BCUT2D eigenvalue weighted by Gasteiger charge is 2.32. The van der Waals surface area contributed by atoms with Gasteiger partial charge in [-0.25, -0.2) is 4.98 Å².